The van der Waals surface area contributed by atoms with Gasteiger partial charge in [-0.3, -0.25) is 5.43 Å². The van der Waals surface area contributed by atoms with Crippen LogP contribution in [0.15, 0.2) is 36.9 Å². The van der Waals surface area contributed by atoms with Crippen molar-refractivity contribution in [3.8, 4) is 0 Å². The lowest BCUT2D eigenvalue weighted by Gasteiger charge is -2.34. The van der Waals surface area contributed by atoms with Gasteiger partial charge < -0.3 is 9.80 Å². The average Bonchev–Trinajstić information content (AvgIpc) is 2.94. The molecule has 2 aromatic rings. The van der Waals surface area contributed by atoms with Crippen molar-refractivity contribution in [2.45, 2.75) is 0 Å². The summed E-state index contributed by atoms with van der Waals surface area (Å²) in [6, 6.07) is 8.42. The van der Waals surface area contributed by atoms with Crippen LogP contribution in [0.1, 0.15) is 0 Å². The van der Waals surface area contributed by atoms with Gasteiger partial charge in [0.15, 0.2) is 0 Å². The van der Waals surface area contributed by atoms with Crippen LogP contribution in [0.5, 0.6) is 0 Å². The van der Waals surface area contributed by atoms with Gasteiger partial charge in [-0.05, 0) is 31.3 Å². The summed E-state index contributed by atoms with van der Waals surface area (Å²) < 4.78 is 0. The second-order valence-electron chi connectivity index (χ2n) is 4.79. The van der Waals surface area contributed by atoms with E-state index in [0.29, 0.717) is 0 Å². The number of anilines is 2. The van der Waals surface area contributed by atoms with E-state index in [2.05, 4.69) is 56.6 Å². The Morgan fingerprint density at radius 3 is 2.42 bits per heavy atom. The number of hydrogen-bond acceptors (Lipinski definition) is 5. The summed E-state index contributed by atoms with van der Waals surface area (Å²) in [7, 11) is 2.17. The van der Waals surface area contributed by atoms with Crippen LogP contribution in [0.25, 0.3) is 0 Å². The minimum atomic E-state index is 1.00. The van der Waals surface area contributed by atoms with Gasteiger partial charge in [0.2, 0.25) is 0 Å². The van der Waals surface area contributed by atoms with Gasteiger partial charge in [0.05, 0.1) is 5.69 Å². The zero-order valence-electron chi connectivity index (χ0n) is 11.0. The number of nitrogens with one attached hydrogen (secondary N) is 1. The molecule has 1 fully saturated rings. The van der Waals surface area contributed by atoms with Crippen LogP contribution in [0.4, 0.5) is 11.4 Å². The lowest BCUT2D eigenvalue weighted by Crippen LogP contribution is -2.44. The monoisotopic (exact) mass is 258 g/mol. The molecular weight excluding hydrogens is 240 g/mol. The predicted octanol–water partition coefficient (Wildman–Crippen LogP) is 0.905. The predicted molar refractivity (Wildman–Crippen MR) is 75.2 cm³/mol. The fraction of sp³-hybridized carbons (Fsp3) is 0.385. The Morgan fingerprint density at radius 1 is 1.05 bits per heavy atom. The lowest BCUT2D eigenvalue weighted by molar-refractivity contribution is 0.313. The standard InChI is InChI=1S/C13H18N6/c1-17-6-8-18(9-7-17)13-4-2-12(3-5-13)16-19-11-14-10-15-19/h2-5,10-11,16H,6-9H2,1H3. The van der Waals surface area contributed by atoms with Gasteiger partial charge in [0.1, 0.15) is 12.7 Å². The van der Waals surface area contributed by atoms with E-state index in [-0.39, 0.29) is 0 Å². The molecule has 0 radical (unpaired) electrons. The number of nitrogens with zero attached hydrogens (tertiary/aromatic N) is 5. The van der Waals surface area contributed by atoms with Crippen LogP contribution in [-0.2, 0) is 0 Å². The van der Waals surface area contributed by atoms with Crippen LogP contribution >= 0.6 is 0 Å². The molecule has 3 rings (SSSR count). The SMILES string of the molecule is CN1CCN(c2ccc(Nn3cncn3)cc2)CC1. The zero-order chi connectivity index (χ0) is 13.1. The second-order valence-corrected chi connectivity index (χ2v) is 4.79. The summed E-state index contributed by atoms with van der Waals surface area (Å²) in [5, 5.41) is 4.01. The fourth-order valence-electron chi connectivity index (χ4n) is 2.21. The van der Waals surface area contributed by atoms with Crippen molar-refractivity contribution in [1.82, 2.24) is 19.8 Å². The molecule has 0 atom stereocenters. The van der Waals surface area contributed by atoms with E-state index in [9.17, 15) is 0 Å². The van der Waals surface area contributed by atoms with Gasteiger partial charge in [-0.2, -0.15) is 4.79 Å². The van der Waals surface area contributed by atoms with Crippen molar-refractivity contribution in [2.24, 2.45) is 0 Å². The molecule has 2 heterocycles. The van der Waals surface area contributed by atoms with Crippen LogP contribution in [0.3, 0.4) is 0 Å². The molecule has 100 valence electrons. The number of aromatic nitrogens is 3. The van der Waals surface area contributed by atoms with Crippen molar-refractivity contribution >= 4 is 11.4 Å². The molecule has 0 bridgehead atoms. The Hall–Kier alpha value is -2.08. The van der Waals surface area contributed by atoms with E-state index >= 15 is 0 Å². The number of piperazine rings is 1. The smallest absolute Gasteiger partial charge is 0.139 e. The number of rotatable bonds is 3. The van der Waals surface area contributed by atoms with Gasteiger partial charge >= 0.3 is 0 Å². The van der Waals surface area contributed by atoms with Crippen LogP contribution < -0.4 is 10.3 Å². The third kappa shape index (κ3) is 2.85. The summed E-state index contributed by atoms with van der Waals surface area (Å²) >= 11 is 0. The fourth-order valence-corrected chi connectivity index (χ4v) is 2.21. The summed E-state index contributed by atoms with van der Waals surface area (Å²) in [4.78, 5) is 10.3. The normalized spacial score (nSPS) is 16.6. The zero-order valence-corrected chi connectivity index (χ0v) is 11.0. The Morgan fingerprint density at radius 2 is 1.79 bits per heavy atom. The molecule has 1 saturated heterocycles. The largest absolute Gasteiger partial charge is 0.369 e. The number of likely N-dealkylation sites (N-methyl/N-ethyl adjacent to an activating group) is 1. The van der Waals surface area contributed by atoms with Gasteiger partial charge in [-0.15, -0.1) is 5.10 Å². The van der Waals surface area contributed by atoms with E-state index in [1.54, 1.807) is 11.1 Å². The molecule has 6 heteroatoms. The molecule has 0 amide bonds. The van der Waals surface area contributed by atoms with Crippen molar-refractivity contribution in [1.29, 1.82) is 0 Å². The van der Waals surface area contributed by atoms with Crippen molar-refractivity contribution in [3.05, 3.63) is 36.9 Å². The molecule has 1 aliphatic heterocycles. The highest BCUT2D eigenvalue weighted by molar-refractivity contribution is 5.55. The van der Waals surface area contributed by atoms with E-state index in [4.69, 9.17) is 0 Å². The molecule has 1 aromatic carbocycles. The van der Waals surface area contributed by atoms with Gasteiger partial charge in [-0.1, -0.05) is 0 Å². The first-order valence-electron chi connectivity index (χ1n) is 6.46. The first-order valence-corrected chi connectivity index (χ1v) is 6.46. The van der Waals surface area contributed by atoms with Gasteiger partial charge in [0.25, 0.3) is 0 Å². The summed E-state index contributed by atoms with van der Waals surface area (Å²) in [6.45, 7) is 4.43. The Bertz CT molecular complexity index is 498. The first-order chi connectivity index (χ1) is 9.31. The highest BCUT2D eigenvalue weighted by atomic mass is 15.6. The highest BCUT2D eigenvalue weighted by Crippen LogP contribution is 2.19. The van der Waals surface area contributed by atoms with Crippen LogP contribution in [0.2, 0.25) is 0 Å². The molecular formula is C13H18N6. The van der Waals surface area contributed by atoms with Gasteiger partial charge in [0, 0.05) is 31.9 Å². The van der Waals surface area contributed by atoms with Crippen molar-refractivity contribution < 1.29 is 0 Å². The second kappa shape index (κ2) is 5.27. The van der Waals surface area contributed by atoms with Crippen molar-refractivity contribution in [2.75, 3.05) is 43.6 Å². The Balaban J connectivity index is 1.65. The minimum Gasteiger partial charge on any atom is -0.369 e. The maximum absolute atomic E-state index is 4.01. The Labute approximate surface area is 112 Å². The average molecular weight is 258 g/mol. The minimum absolute atomic E-state index is 1.00. The summed E-state index contributed by atoms with van der Waals surface area (Å²) in [6.07, 6.45) is 3.14. The molecule has 0 spiro atoms. The molecule has 0 unspecified atom stereocenters. The number of benzene rings is 1. The summed E-state index contributed by atoms with van der Waals surface area (Å²) in [5.41, 5.74) is 5.42. The Kier molecular flexibility index (Phi) is 3.33. The molecule has 1 aliphatic rings. The van der Waals surface area contributed by atoms with E-state index in [1.165, 1.54) is 12.0 Å². The van der Waals surface area contributed by atoms with E-state index in [1.807, 2.05) is 0 Å². The van der Waals surface area contributed by atoms with E-state index in [0.717, 1.165) is 31.9 Å². The molecule has 6 nitrogen and oxygen atoms in total. The third-order valence-corrected chi connectivity index (χ3v) is 3.40. The van der Waals surface area contributed by atoms with Crippen LogP contribution in [0, 0.1) is 0 Å². The molecule has 0 aliphatic carbocycles. The summed E-state index contributed by atoms with van der Waals surface area (Å²) in [5.74, 6) is 0. The first kappa shape index (κ1) is 12.0. The molecule has 19 heavy (non-hydrogen) atoms. The topological polar surface area (TPSA) is 49.2 Å². The maximum atomic E-state index is 4.01. The molecule has 1 N–H and O–H groups in total. The van der Waals surface area contributed by atoms with Gasteiger partial charge in [-0.25, -0.2) is 4.98 Å². The number of hydrogen-bond donors (Lipinski definition) is 1. The maximum Gasteiger partial charge on any atom is 0.139 e. The highest BCUT2D eigenvalue weighted by Gasteiger charge is 2.13. The molecule has 1 aromatic heterocycles. The van der Waals surface area contributed by atoms with Crippen molar-refractivity contribution in [3.63, 3.8) is 0 Å². The molecule has 0 saturated carbocycles. The van der Waals surface area contributed by atoms with E-state index < -0.39 is 0 Å². The quantitative estimate of drug-likeness (QED) is 0.886. The lowest BCUT2D eigenvalue weighted by atomic mass is 10.2. The third-order valence-electron chi connectivity index (χ3n) is 3.40. The van der Waals surface area contributed by atoms with Crippen LogP contribution in [-0.4, -0.2) is 53.0 Å².